The second-order valence-electron chi connectivity index (χ2n) is 5.10. The lowest BCUT2D eigenvalue weighted by Gasteiger charge is -2.24. The van der Waals surface area contributed by atoms with Gasteiger partial charge in [0, 0.05) is 5.69 Å². The summed E-state index contributed by atoms with van der Waals surface area (Å²) in [5.74, 6) is 0. The van der Waals surface area contributed by atoms with Gasteiger partial charge in [-0.2, -0.15) is 5.26 Å². The fraction of sp³-hybridized carbons (Fsp3) is 0.562. The van der Waals surface area contributed by atoms with Crippen LogP contribution < -0.4 is 5.32 Å². The number of para-hydroxylation sites is 1. The summed E-state index contributed by atoms with van der Waals surface area (Å²) in [6.45, 7) is 4.20. The zero-order valence-electron chi connectivity index (χ0n) is 11.6. The number of hydrogen-bond donors (Lipinski definition) is 1. The zero-order valence-corrected chi connectivity index (χ0v) is 11.6. The maximum absolute atomic E-state index is 9.34. The molecule has 0 saturated heterocycles. The normalized spacial score (nSPS) is 13.6. The molecule has 1 aromatic carbocycles. The molecule has 1 atom stereocenters. The Morgan fingerprint density at radius 3 is 2.39 bits per heavy atom. The predicted octanol–water partition coefficient (Wildman–Crippen LogP) is 4.74. The Morgan fingerprint density at radius 1 is 1.11 bits per heavy atom. The molecule has 1 aromatic rings. The molecule has 1 rings (SSSR count). The van der Waals surface area contributed by atoms with Gasteiger partial charge in [0.25, 0.3) is 0 Å². The minimum absolute atomic E-state index is 0.451. The number of anilines is 1. The number of unbranched alkanes of at least 4 members (excludes halogenated alkanes) is 4. The molecule has 0 bridgehead atoms. The first-order chi connectivity index (χ1) is 8.70. The molecule has 98 valence electrons. The monoisotopic (exact) mass is 244 g/mol. The average molecular weight is 244 g/mol. The molecule has 0 saturated carbocycles. The average Bonchev–Trinajstić information content (AvgIpc) is 2.40. The third-order valence-corrected chi connectivity index (χ3v) is 3.22. The van der Waals surface area contributed by atoms with Crippen molar-refractivity contribution in [1.29, 1.82) is 5.26 Å². The lowest BCUT2D eigenvalue weighted by atomic mass is 9.95. The van der Waals surface area contributed by atoms with Gasteiger partial charge in [-0.25, -0.2) is 0 Å². The number of rotatable bonds is 8. The molecule has 0 radical (unpaired) electrons. The summed E-state index contributed by atoms with van der Waals surface area (Å²) < 4.78 is 0. The first-order valence-corrected chi connectivity index (χ1v) is 6.94. The Balaban J connectivity index is 2.40. The SMILES string of the molecule is CCCCCCCC(C)(C#N)Nc1ccccc1. The van der Waals surface area contributed by atoms with E-state index in [0.29, 0.717) is 0 Å². The molecule has 0 fully saturated rings. The Hall–Kier alpha value is -1.49. The number of benzene rings is 1. The third kappa shape index (κ3) is 5.23. The number of nitrogens with zero attached hydrogens (tertiary/aromatic N) is 1. The van der Waals surface area contributed by atoms with Gasteiger partial charge in [0.05, 0.1) is 6.07 Å². The van der Waals surface area contributed by atoms with Crippen LogP contribution in [0.2, 0.25) is 0 Å². The van der Waals surface area contributed by atoms with Crippen molar-refractivity contribution in [3.63, 3.8) is 0 Å². The maximum Gasteiger partial charge on any atom is 0.122 e. The van der Waals surface area contributed by atoms with E-state index in [1.54, 1.807) is 0 Å². The molecule has 1 N–H and O–H groups in total. The standard InChI is InChI=1S/C16H24N2/c1-3-4-5-6-10-13-16(2,14-17)18-15-11-8-7-9-12-15/h7-9,11-12,18H,3-6,10,13H2,1-2H3. The predicted molar refractivity (Wildman–Crippen MR) is 77.5 cm³/mol. The van der Waals surface area contributed by atoms with Crippen molar-refractivity contribution in [2.45, 2.75) is 57.9 Å². The first kappa shape index (κ1) is 14.6. The van der Waals surface area contributed by atoms with Crippen LogP contribution in [0.1, 0.15) is 52.4 Å². The van der Waals surface area contributed by atoms with Gasteiger partial charge in [0.15, 0.2) is 0 Å². The minimum Gasteiger partial charge on any atom is -0.368 e. The second kappa shape index (κ2) is 7.76. The lowest BCUT2D eigenvalue weighted by molar-refractivity contribution is 0.522. The van der Waals surface area contributed by atoms with Gasteiger partial charge in [0.2, 0.25) is 0 Å². The van der Waals surface area contributed by atoms with Crippen LogP contribution in [-0.2, 0) is 0 Å². The second-order valence-corrected chi connectivity index (χ2v) is 5.10. The molecule has 0 aliphatic heterocycles. The molecule has 1 unspecified atom stereocenters. The molecule has 0 spiro atoms. The molecule has 0 aromatic heterocycles. The van der Waals surface area contributed by atoms with Crippen molar-refractivity contribution in [3.05, 3.63) is 30.3 Å². The third-order valence-electron chi connectivity index (χ3n) is 3.22. The van der Waals surface area contributed by atoms with Gasteiger partial charge in [0.1, 0.15) is 5.54 Å². The zero-order chi connectivity index (χ0) is 13.3. The van der Waals surface area contributed by atoms with Crippen molar-refractivity contribution >= 4 is 5.69 Å². The van der Waals surface area contributed by atoms with Crippen molar-refractivity contribution < 1.29 is 0 Å². The molecule has 0 heterocycles. The van der Waals surface area contributed by atoms with Crippen LogP contribution in [0.3, 0.4) is 0 Å². The highest BCUT2D eigenvalue weighted by Gasteiger charge is 2.22. The van der Waals surface area contributed by atoms with Crippen molar-refractivity contribution in [2.24, 2.45) is 0 Å². The van der Waals surface area contributed by atoms with Crippen molar-refractivity contribution in [2.75, 3.05) is 5.32 Å². The van der Waals surface area contributed by atoms with Crippen LogP contribution in [0.25, 0.3) is 0 Å². The van der Waals surface area contributed by atoms with Gasteiger partial charge in [-0.1, -0.05) is 57.2 Å². The van der Waals surface area contributed by atoms with E-state index in [0.717, 1.165) is 18.5 Å². The van der Waals surface area contributed by atoms with Gasteiger partial charge >= 0.3 is 0 Å². The van der Waals surface area contributed by atoms with E-state index in [9.17, 15) is 5.26 Å². The van der Waals surface area contributed by atoms with Gasteiger partial charge in [-0.3, -0.25) is 0 Å². The fourth-order valence-electron chi connectivity index (χ4n) is 2.07. The molecule has 2 heteroatoms. The van der Waals surface area contributed by atoms with Crippen LogP contribution in [0, 0.1) is 11.3 Å². The smallest absolute Gasteiger partial charge is 0.122 e. The summed E-state index contributed by atoms with van der Waals surface area (Å²) in [4.78, 5) is 0. The summed E-state index contributed by atoms with van der Waals surface area (Å²) in [5.41, 5.74) is 0.572. The quantitative estimate of drug-likeness (QED) is 0.670. The highest BCUT2D eigenvalue weighted by Crippen LogP contribution is 2.21. The molecular formula is C16H24N2. The molecule has 2 nitrogen and oxygen atoms in total. The van der Waals surface area contributed by atoms with E-state index in [2.05, 4.69) is 18.3 Å². The summed E-state index contributed by atoms with van der Waals surface area (Å²) in [5, 5.41) is 12.7. The summed E-state index contributed by atoms with van der Waals surface area (Å²) >= 11 is 0. The van der Waals surface area contributed by atoms with E-state index in [1.165, 1.54) is 25.7 Å². The number of nitriles is 1. The Morgan fingerprint density at radius 2 is 1.78 bits per heavy atom. The topological polar surface area (TPSA) is 35.8 Å². The van der Waals surface area contributed by atoms with E-state index in [1.807, 2.05) is 37.3 Å². The van der Waals surface area contributed by atoms with E-state index in [-0.39, 0.29) is 0 Å². The highest BCUT2D eigenvalue weighted by molar-refractivity contribution is 5.46. The van der Waals surface area contributed by atoms with Crippen molar-refractivity contribution in [3.8, 4) is 6.07 Å². The number of hydrogen-bond acceptors (Lipinski definition) is 2. The summed E-state index contributed by atoms with van der Waals surface area (Å²) in [6, 6.07) is 12.4. The Bertz CT molecular complexity index is 366. The highest BCUT2D eigenvalue weighted by atomic mass is 15.0. The first-order valence-electron chi connectivity index (χ1n) is 6.94. The van der Waals surface area contributed by atoms with E-state index in [4.69, 9.17) is 0 Å². The van der Waals surface area contributed by atoms with Crippen LogP contribution >= 0.6 is 0 Å². The Kier molecular flexibility index (Phi) is 6.28. The van der Waals surface area contributed by atoms with E-state index >= 15 is 0 Å². The number of nitrogens with one attached hydrogen (secondary N) is 1. The lowest BCUT2D eigenvalue weighted by Crippen LogP contribution is -2.32. The molecule has 0 amide bonds. The largest absolute Gasteiger partial charge is 0.368 e. The van der Waals surface area contributed by atoms with Gasteiger partial charge in [-0.15, -0.1) is 0 Å². The summed E-state index contributed by atoms with van der Waals surface area (Å²) in [7, 11) is 0. The van der Waals surface area contributed by atoms with Crippen LogP contribution in [0.15, 0.2) is 30.3 Å². The summed E-state index contributed by atoms with van der Waals surface area (Å²) in [6.07, 6.45) is 7.09. The molecule has 18 heavy (non-hydrogen) atoms. The van der Waals surface area contributed by atoms with Crippen LogP contribution in [0.5, 0.6) is 0 Å². The Labute approximate surface area is 111 Å². The van der Waals surface area contributed by atoms with Gasteiger partial charge < -0.3 is 5.32 Å². The van der Waals surface area contributed by atoms with Crippen molar-refractivity contribution in [1.82, 2.24) is 0 Å². The molecule has 0 aliphatic rings. The minimum atomic E-state index is -0.451. The van der Waals surface area contributed by atoms with Crippen LogP contribution in [0.4, 0.5) is 5.69 Å². The van der Waals surface area contributed by atoms with Crippen LogP contribution in [-0.4, -0.2) is 5.54 Å². The maximum atomic E-state index is 9.34. The molecule has 0 aliphatic carbocycles. The molecular weight excluding hydrogens is 220 g/mol. The fourth-order valence-corrected chi connectivity index (χ4v) is 2.07. The van der Waals surface area contributed by atoms with Gasteiger partial charge in [-0.05, 0) is 25.5 Å². The van der Waals surface area contributed by atoms with E-state index < -0.39 is 5.54 Å².